The van der Waals surface area contributed by atoms with Gasteiger partial charge in [-0.3, -0.25) is 10.1 Å². The van der Waals surface area contributed by atoms with Crippen molar-refractivity contribution in [1.82, 2.24) is 9.97 Å². The van der Waals surface area contributed by atoms with Crippen molar-refractivity contribution in [2.45, 2.75) is 13.3 Å². The first-order chi connectivity index (χ1) is 10.0. The molecule has 1 aromatic heterocycles. The van der Waals surface area contributed by atoms with Crippen molar-refractivity contribution < 1.29 is 13.7 Å². The summed E-state index contributed by atoms with van der Waals surface area (Å²) < 4.78 is 26.8. The van der Waals surface area contributed by atoms with E-state index in [4.69, 9.17) is 0 Å². The molecule has 0 fully saturated rings. The highest BCUT2D eigenvalue weighted by Gasteiger charge is 2.25. The number of hydrogen-bond donors (Lipinski definition) is 1. The number of anilines is 1. The van der Waals surface area contributed by atoms with Crippen LogP contribution in [0.15, 0.2) is 24.5 Å². The molecule has 0 saturated heterocycles. The lowest BCUT2D eigenvalue weighted by molar-refractivity contribution is -0.383. The van der Waals surface area contributed by atoms with Crippen molar-refractivity contribution in [3.63, 3.8) is 0 Å². The summed E-state index contributed by atoms with van der Waals surface area (Å²) in [5.74, 6) is -1.67. The van der Waals surface area contributed by atoms with Crippen LogP contribution in [-0.4, -0.2) is 21.4 Å². The number of nitro groups is 1. The van der Waals surface area contributed by atoms with Crippen molar-refractivity contribution in [3.8, 4) is 11.3 Å². The minimum absolute atomic E-state index is 0.00979. The van der Waals surface area contributed by atoms with E-state index >= 15 is 0 Å². The summed E-state index contributed by atoms with van der Waals surface area (Å²) in [6, 6.07) is 2.79. The topological polar surface area (TPSA) is 81.0 Å². The van der Waals surface area contributed by atoms with Gasteiger partial charge in [0.05, 0.1) is 4.92 Å². The summed E-state index contributed by atoms with van der Waals surface area (Å²) in [6.07, 6.45) is 1.84. The monoisotopic (exact) mass is 294 g/mol. The molecule has 1 heterocycles. The Morgan fingerprint density at radius 2 is 2.10 bits per heavy atom. The lowest BCUT2D eigenvalue weighted by Gasteiger charge is -2.08. The number of nitrogens with one attached hydrogen (secondary N) is 1. The Morgan fingerprint density at radius 3 is 2.71 bits per heavy atom. The molecule has 0 aliphatic carbocycles. The van der Waals surface area contributed by atoms with Crippen LogP contribution in [0.5, 0.6) is 0 Å². The summed E-state index contributed by atoms with van der Waals surface area (Å²) >= 11 is 0. The molecule has 0 atom stereocenters. The highest BCUT2D eigenvalue weighted by atomic mass is 19.1. The fraction of sp³-hybridized carbons (Fsp3) is 0.231. The normalized spacial score (nSPS) is 10.4. The fourth-order valence-corrected chi connectivity index (χ4v) is 1.80. The summed E-state index contributed by atoms with van der Waals surface area (Å²) in [5, 5.41) is 14.0. The van der Waals surface area contributed by atoms with Crippen molar-refractivity contribution in [2.24, 2.45) is 0 Å². The Hall–Kier alpha value is -2.64. The van der Waals surface area contributed by atoms with E-state index in [0.29, 0.717) is 12.6 Å². The molecule has 0 bridgehead atoms. The highest BCUT2D eigenvalue weighted by Crippen LogP contribution is 2.34. The molecule has 21 heavy (non-hydrogen) atoms. The first kappa shape index (κ1) is 14.8. The average molecular weight is 294 g/mol. The molecule has 0 aliphatic rings. The summed E-state index contributed by atoms with van der Waals surface area (Å²) in [4.78, 5) is 18.1. The van der Waals surface area contributed by atoms with Gasteiger partial charge in [0.25, 0.3) is 0 Å². The van der Waals surface area contributed by atoms with Crippen LogP contribution in [0.1, 0.15) is 13.3 Å². The molecule has 0 spiro atoms. The predicted octanol–water partition coefficient (Wildman–Crippen LogP) is 3.15. The van der Waals surface area contributed by atoms with E-state index in [0.717, 1.165) is 24.9 Å². The van der Waals surface area contributed by atoms with E-state index in [-0.39, 0.29) is 17.1 Å². The Balaban J connectivity index is 2.59. The zero-order valence-corrected chi connectivity index (χ0v) is 11.1. The van der Waals surface area contributed by atoms with E-state index in [1.54, 1.807) is 0 Å². The van der Waals surface area contributed by atoms with Gasteiger partial charge in [0.1, 0.15) is 18.0 Å². The molecule has 1 aromatic carbocycles. The summed E-state index contributed by atoms with van der Waals surface area (Å²) in [5.41, 5.74) is -0.771. The van der Waals surface area contributed by atoms with Gasteiger partial charge >= 0.3 is 5.69 Å². The Kier molecular flexibility index (Phi) is 4.36. The van der Waals surface area contributed by atoms with E-state index in [1.165, 1.54) is 0 Å². The fourth-order valence-electron chi connectivity index (χ4n) is 1.80. The number of halogens is 2. The van der Waals surface area contributed by atoms with Gasteiger partial charge in [-0.05, 0) is 18.6 Å². The van der Waals surface area contributed by atoms with Gasteiger partial charge in [0, 0.05) is 18.2 Å². The second-order valence-electron chi connectivity index (χ2n) is 4.23. The summed E-state index contributed by atoms with van der Waals surface area (Å²) in [6.45, 7) is 2.36. The van der Waals surface area contributed by atoms with Crippen LogP contribution in [0, 0.1) is 21.7 Å². The van der Waals surface area contributed by atoms with Crippen molar-refractivity contribution in [2.75, 3.05) is 11.9 Å². The number of nitrogens with zero attached hydrogens (tertiary/aromatic N) is 3. The smallest absolute Gasteiger partial charge is 0.337 e. The number of rotatable bonds is 5. The molecule has 1 N–H and O–H groups in total. The first-order valence-corrected chi connectivity index (χ1v) is 6.23. The van der Waals surface area contributed by atoms with Gasteiger partial charge in [-0.1, -0.05) is 6.92 Å². The van der Waals surface area contributed by atoms with Crippen LogP contribution in [0.4, 0.5) is 20.3 Å². The maximum atomic E-state index is 13.8. The minimum Gasteiger partial charge on any atom is -0.364 e. The van der Waals surface area contributed by atoms with Crippen LogP contribution in [0.25, 0.3) is 11.3 Å². The zero-order chi connectivity index (χ0) is 15.4. The molecule has 0 saturated carbocycles. The second-order valence-corrected chi connectivity index (χ2v) is 4.23. The zero-order valence-electron chi connectivity index (χ0n) is 11.1. The van der Waals surface area contributed by atoms with Gasteiger partial charge in [-0.15, -0.1) is 0 Å². The molecule has 6 nitrogen and oxygen atoms in total. The molecule has 0 radical (unpaired) electrons. The maximum absolute atomic E-state index is 13.8. The Bertz CT molecular complexity index is 679. The molecular formula is C13H12F2N4O2. The van der Waals surface area contributed by atoms with Crippen molar-refractivity contribution in [1.29, 1.82) is 0 Å². The van der Waals surface area contributed by atoms with Crippen LogP contribution in [0.2, 0.25) is 0 Å². The van der Waals surface area contributed by atoms with Gasteiger partial charge in [0.2, 0.25) is 5.82 Å². The number of benzene rings is 1. The predicted molar refractivity (Wildman–Crippen MR) is 72.8 cm³/mol. The molecule has 110 valence electrons. The summed E-state index contributed by atoms with van der Waals surface area (Å²) in [7, 11) is 0. The van der Waals surface area contributed by atoms with Crippen LogP contribution < -0.4 is 5.32 Å². The highest BCUT2D eigenvalue weighted by molar-refractivity contribution is 5.76. The van der Waals surface area contributed by atoms with Gasteiger partial charge in [-0.2, -0.15) is 0 Å². The lowest BCUT2D eigenvalue weighted by atomic mass is 10.1. The molecule has 0 aliphatic heterocycles. The minimum atomic E-state index is -0.918. The standard InChI is InChI=1S/C13H12F2N4O2/c1-2-5-16-13-12(19(20)21)11(17-7-18-13)9-4-3-8(14)6-10(9)15/h3-4,6-7H,2,5H2,1H3,(H,16,17,18). The third-order valence-electron chi connectivity index (χ3n) is 2.73. The number of hydrogen-bond acceptors (Lipinski definition) is 5. The first-order valence-electron chi connectivity index (χ1n) is 6.23. The van der Waals surface area contributed by atoms with Crippen LogP contribution in [-0.2, 0) is 0 Å². The van der Waals surface area contributed by atoms with Gasteiger partial charge < -0.3 is 5.32 Å². The molecular weight excluding hydrogens is 282 g/mol. The Morgan fingerprint density at radius 1 is 1.33 bits per heavy atom. The maximum Gasteiger partial charge on any atom is 0.337 e. The van der Waals surface area contributed by atoms with Crippen molar-refractivity contribution >= 4 is 11.5 Å². The van der Waals surface area contributed by atoms with Gasteiger partial charge in [-0.25, -0.2) is 18.7 Å². The molecule has 0 amide bonds. The van der Waals surface area contributed by atoms with Crippen molar-refractivity contribution in [3.05, 3.63) is 46.3 Å². The number of aromatic nitrogens is 2. The molecule has 0 unspecified atom stereocenters. The van der Waals surface area contributed by atoms with E-state index in [2.05, 4.69) is 15.3 Å². The third kappa shape index (κ3) is 3.10. The SMILES string of the molecule is CCCNc1ncnc(-c2ccc(F)cc2F)c1[N+](=O)[O-]. The molecule has 2 rings (SSSR count). The second kappa shape index (κ2) is 6.21. The average Bonchev–Trinajstić information content (AvgIpc) is 2.44. The van der Waals surface area contributed by atoms with Crippen LogP contribution in [0.3, 0.4) is 0 Å². The molecule has 8 heteroatoms. The van der Waals surface area contributed by atoms with Crippen LogP contribution >= 0.6 is 0 Å². The largest absolute Gasteiger partial charge is 0.364 e. The van der Waals surface area contributed by atoms with E-state index in [1.807, 2.05) is 6.92 Å². The molecule has 2 aromatic rings. The van der Waals surface area contributed by atoms with E-state index < -0.39 is 22.2 Å². The quantitative estimate of drug-likeness (QED) is 0.676. The lowest BCUT2D eigenvalue weighted by Crippen LogP contribution is -2.08. The van der Waals surface area contributed by atoms with Gasteiger partial charge in [0.15, 0.2) is 5.69 Å². The van der Waals surface area contributed by atoms with E-state index in [9.17, 15) is 18.9 Å². The Labute approximate surface area is 119 Å². The third-order valence-corrected chi connectivity index (χ3v) is 2.73.